The van der Waals surface area contributed by atoms with Gasteiger partial charge in [-0.2, -0.15) is 0 Å². The number of carbonyl (C=O) groups is 3. The number of aliphatic hydroxyl groups is 2. The molecular weight excluding hydrogens is 550 g/mol. The van der Waals surface area contributed by atoms with E-state index >= 15 is 0 Å². The Morgan fingerprint density at radius 3 is 2.47 bits per heavy atom. The second-order valence-electron chi connectivity index (χ2n) is 11.5. The Labute approximate surface area is 249 Å². The van der Waals surface area contributed by atoms with E-state index in [1.807, 2.05) is 6.92 Å². The second-order valence-corrected chi connectivity index (χ2v) is 11.5. The molecule has 0 bridgehead atoms. The lowest BCUT2D eigenvalue weighted by atomic mass is 9.77. The molecule has 2 aliphatic rings. The minimum absolute atomic E-state index is 0.132. The Hall–Kier alpha value is -3.89. The van der Waals surface area contributed by atoms with Crippen LogP contribution in [0.4, 0.5) is 5.69 Å². The van der Waals surface area contributed by atoms with E-state index in [1.165, 1.54) is 0 Å². The summed E-state index contributed by atoms with van der Waals surface area (Å²) in [6.45, 7) is 3.63. The number of unbranched alkanes of at least 4 members (excludes halogenated alkanes) is 4. The van der Waals surface area contributed by atoms with Gasteiger partial charge in [-0.15, -0.1) is 0 Å². The number of hydrogen-bond donors (Lipinski definition) is 3. The van der Waals surface area contributed by atoms with E-state index in [0.717, 1.165) is 36.8 Å². The topological polar surface area (TPSA) is 162 Å². The van der Waals surface area contributed by atoms with E-state index in [-0.39, 0.29) is 48.1 Å². The van der Waals surface area contributed by atoms with Gasteiger partial charge in [0.05, 0.1) is 29.1 Å². The zero-order valence-corrected chi connectivity index (χ0v) is 24.8. The summed E-state index contributed by atoms with van der Waals surface area (Å²) in [5.41, 5.74) is 9.46. The zero-order valence-electron chi connectivity index (χ0n) is 24.8. The zero-order chi connectivity index (χ0) is 30.9. The molecule has 5 rings (SSSR count). The van der Waals surface area contributed by atoms with Gasteiger partial charge in [0.25, 0.3) is 5.56 Å². The van der Waals surface area contributed by atoms with Gasteiger partial charge in [-0.1, -0.05) is 33.1 Å². The van der Waals surface area contributed by atoms with Gasteiger partial charge in [-0.05, 0) is 55.9 Å². The van der Waals surface area contributed by atoms with Crippen LogP contribution in [-0.2, 0) is 39.4 Å². The Morgan fingerprint density at radius 2 is 1.77 bits per heavy atom. The van der Waals surface area contributed by atoms with Crippen LogP contribution < -0.4 is 16.0 Å². The number of nitrogens with zero attached hydrogens (tertiary/aromatic N) is 2. The first-order valence-corrected chi connectivity index (χ1v) is 15.2. The number of aryl methyl sites for hydroxylation is 1. The molecule has 0 saturated carbocycles. The average Bonchev–Trinajstić information content (AvgIpc) is 3.37. The number of pyridine rings is 2. The lowest BCUT2D eigenvalue weighted by Crippen LogP contribution is -2.43. The van der Waals surface area contributed by atoms with Gasteiger partial charge < -0.3 is 25.3 Å². The number of hydrogen-bond acceptors (Lipinski definition) is 9. The number of aromatic nitrogens is 2. The van der Waals surface area contributed by atoms with E-state index in [9.17, 15) is 24.3 Å². The smallest absolute Gasteiger partial charge is 0.311 e. The van der Waals surface area contributed by atoms with Crippen LogP contribution in [0.2, 0.25) is 0 Å². The summed E-state index contributed by atoms with van der Waals surface area (Å²) in [4.78, 5) is 55.0. The number of carbonyl (C=O) groups excluding carboxylic acids is 3. The first-order chi connectivity index (χ1) is 20.6. The van der Waals surface area contributed by atoms with E-state index in [0.29, 0.717) is 71.3 Å². The molecule has 1 aromatic carbocycles. The number of Topliss-reactive ketones (excluding diaryl/α,β-unsaturated/α-hetero) is 2. The number of nitrogen functional groups attached to an aromatic ring is 1. The highest BCUT2D eigenvalue weighted by Gasteiger charge is 2.43. The van der Waals surface area contributed by atoms with Crippen LogP contribution in [0, 0.1) is 0 Å². The largest absolute Gasteiger partial charge is 0.424 e. The number of aliphatic hydroxyl groups excluding tert-OH is 1. The van der Waals surface area contributed by atoms with Crippen LogP contribution in [0.15, 0.2) is 23.0 Å². The monoisotopic (exact) mass is 589 g/mol. The van der Waals surface area contributed by atoms with Crippen molar-refractivity contribution < 1.29 is 29.3 Å². The van der Waals surface area contributed by atoms with Crippen LogP contribution in [-0.4, -0.2) is 43.9 Å². The predicted octanol–water partition coefficient (Wildman–Crippen LogP) is 3.88. The average molecular weight is 590 g/mol. The molecule has 10 heteroatoms. The highest BCUT2D eigenvalue weighted by Crippen LogP contribution is 2.43. The third-order valence-electron chi connectivity index (χ3n) is 8.94. The molecule has 43 heavy (non-hydrogen) atoms. The highest BCUT2D eigenvalue weighted by atomic mass is 16.5. The van der Waals surface area contributed by atoms with Gasteiger partial charge in [0, 0.05) is 41.3 Å². The van der Waals surface area contributed by atoms with Crippen LogP contribution >= 0.6 is 0 Å². The molecule has 0 radical (unpaired) electrons. The SMILES string of the molecule is CCc1c2c(nc3ccc(OC(=O)CCCCCCCC(=O)CO)c(N)c13)-c1cc3c(c(=O)n1C2)CCC(=O)[C@]3(O)CC. The van der Waals surface area contributed by atoms with Crippen LogP contribution in [0.5, 0.6) is 5.75 Å². The Morgan fingerprint density at radius 1 is 1.05 bits per heavy atom. The standard InChI is InChI=1S/C33H39N3O7/c1-3-20-22-17-36-25(16-23-21(32(36)41)12-15-27(39)33(23,42)4-2)31(22)35-24-13-14-26(30(34)29(20)24)43-28(40)11-9-7-5-6-8-10-19(38)18-37/h13-14,16,37,42H,3-12,15,17-18,34H2,1-2H3/t33-/m0/s1. The molecule has 3 heterocycles. The summed E-state index contributed by atoms with van der Waals surface area (Å²) < 4.78 is 7.33. The molecule has 0 unspecified atom stereocenters. The van der Waals surface area contributed by atoms with Crippen LogP contribution in [0.25, 0.3) is 22.3 Å². The number of ketones is 2. The molecular formula is C33H39N3O7. The third kappa shape index (κ3) is 5.49. The number of benzene rings is 1. The molecule has 0 fully saturated rings. The number of esters is 1. The fourth-order valence-electron chi connectivity index (χ4n) is 6.51. The summed E-state index contributed by atoms with van der Waals surface area (Å²) in [6, 6.07) is 5.15. The molecule has 2 aromatic heterocycles. The molecule has 1 aliphatic heterocycles. The molecule has 1 atom stereocenters. The molecule has 3 aromatic rings. The third-order valence-corrected chi connectivity index (χ3v) is 8.94. The van der Waals surface area contributed by atoms with Crippen molar-refractivity contribution in [2.24, 2.45) is 0 Å². The quantitative estimate of drug-likeness (QED) is 0.0963. The highest BCUT2D eigenvalue weighted by molar-refractivity contribution is 6.00. The lowest BCUT2D eigenvalue weighted by molar-refractivity contribution is -0.140. The van der Waals surface area contributed by atoms with Crippen molar-refractivity contribution >= 4 is 34.1 Å². The molecule has 0 saturated heterocycles. The van der Waals surface area contributed by atoms with Gasteiger partial charge in [0.15, 0.2) is 17.3 Å². The lowest BCUT2D eigenvalue weighted by Gasteiger charge is -2.32. The summed E-state index contributed by atoms with van der Waals surface area (Å²) in [5.74, 6) is -0.530. The number of anilines is 1. The van der Waals surface area contributed by atoms with E-state index < -0.39 is 12.2 Å². The summed E-state index contributed by atoms with van der Waals surface area (Å²) in [7, 11) is 0. The van der Waals surface area contributed by atoms with Crippen molar-refractivity contribution in [3.05, 3.63) is 50.8 Å². The van der Waals surface area contributed by atoms with Gasteiger partial charge in [-0.3, -0.25) is 19.2 Å². The summed E-state index contributed by atoms with van der Waals surface area (Å²) in [6.07, 6.45) is 5.83. The molecule has 228 valence electrons. The fourth-order valence-corrected chi connectivity index (χ4v) is 6.51. The van der Waals surface area contributed by atoms with Crippen molar-refractivity contribution in [2.75, 3.05) is 12.3 Å². The minimum Gasteiger partial charge on any atom is -0.424 e. The minimum atomic E-state index is -1.68. The van der Waals surface area contributed by atoms with Crippen molar-refractivity contribution in [1.82, 2.24) is 9.55 Å². The maximum absolute atomic E-state index is 13.6. The summed E-state index contributed by atoms with van der Waals surface area (Å²) in [5, 5.41) is 20.7. The van der Waals surface area contributed by atoms with E-state index in [4.69, 9.17) is 20.6 Å². The van der Waals surface area contributed by atoms with Crippen molar-refractivity contribution in [3.63, 3.8) is 0 Å². The number of ether oxygens (including phenoxy) is 1. The predicted molar refractivity (Wildman–Crippen MR) is 162 cm³/mol. The molecule has 4 N–H and O–H groups in total. The van der Waals surface area contributed by atoms with Crippen LogP contribution in [0.3, 0.4) is 0 Å². The Kier molecular flexibility index (Phi) is 8.80. The maximum Gasteiger partial charge on any atom is 0.311 e. The van der Waals surface area contributed by atoms with Gasteiger partial charge >= 0.3 is 5.97 Å². The number of fused-ring (bicyclic) bond motifs is 5. The Bertz CT molecular complexity index is 1680. The van der Waals surface area contributed by atoms with Crippen molar-refractivity contribution in [1.29, 1.82) is 0 Å². The first-order valence-electron chi connectivity index (χ1n) is 15.2. The molecule has 1 aliphatic carbocycles. The molecule has 0 amide bonds. The molecule has 10 nitrogen and oxygen atoms in total. The van der Waals surface area contributed by atoms with Crippen LogP contribution in [0.1, 0.15) is 93.9 Å². The number of rotatable bonds is 12. The maximum atomic E-state index is 13.6. The van der Waals surface area contributed by atoms with E-state index in [1.54, 1.807) is 29.7 Å². The van der Waals surface area contributed by atoms with Gasteiger partial charge in [0.1, 0.15) is 12.2 Å². The first kappa shape index (κ1) is 30.6. The number of nitrogens with two attached hydrogens (primary N) is 1. The Balaban J connectivity index is 1.38. The van der Waals surface area contributed by atoms with Gasteiger partial charge in [-0.25, -0.2) is 4.98 Å². The summed E-state index contributed by atoms with van der Waals surface area (Å²) >= 11 is 0. The van der Waals surface area contributed by atoms with Crippen molar-refractivity contribution in [2.45, 2.75) is 96.6 Å². The molecule has 0 spiro atoms. The van der Waals surface area contributed by atoms with Crippen molar-refractivity contribution in [3.8, 4) is 17.1 Å². The van der Waals surface area contributed by atoms with E-state index in [2.05, 4.69) is 0 Å². The normalized spacial score (nSPS) is 17.1. The fraction of sp³-hybridized carbons (Fsp3) is 0.485. The van der Waals surface area contributed by atoms with Gasteiger partial charge in [0.2, 0.25) is 0 Å². The second kappa shape index (κ2) is 12.4.